The number of fused-ring (bicyclic) bond motifs is 1. The van der Waals surface area contributed by atoms with Crippen LogP contribution in [0.3, 0.4) is 0 Å². The number of hydrogen-bond donors (Lipinski definition) is 2. The smallest absolute Gasteiger partial charge is 0.221 e. The summed E-state index contributed by atoms with van der Waals surface area (Å²) in [5.41, 5.74) is 5.13. The lowest BCUT2D eigenvalue weighted by atomic mass is 10.0. The maximum Gasteiger partial charge on any atom is 0.221 e. The fourth-order valence-electron chi connectivity index (χ4n) is 3.58. The van der Waals surface area contributed by atoms with Crippen molar-refractivity contribution in [3.8, 4) is 11.3 Å². The van der Waals surface area contributed by atoms with Crippen LogP contribution >= 0.6 is 0 Å². The summed E-state index contributed by atoms with van der Waals surface area (Å²) in [7, 11) is 0. The van der Waals surface area contributed by atoms with Gasteiger partial charge in [0.05, 0.1) is 6.61 Å². The molecule has 0 atom stereocenters. The fraction of sp³-hybridized carbons (Fsp3) is 0.318. The molecule has 6 heteroatoms. The Morgan fingerprint density at radius 3 is 2.82 bits per heavy atom. The zero-order valence-corrected chi connectivity index (χ0v) is 15.9. The van der Waals surface area contributed by atoms with Gasteiger partial charge >= 0.3 is 0 Å². The van der Waals surface area contributed by atoms with Crippen molar-refractivity contribution in [3.63, 3.8) is 0 Å². The van der Waals surface area contributed by atoms with E-state index >= 15 is 0 Å². The molecule has 0 unspecified atom stereocenters. The third kappa shape index (κ3) is 4.08. The number of aromatic amines is 1. The Morgan fingerprint density at radius 1 is 1.25 bits per heavy atom. The van der Waals surface area contributed by atoms with Crippen LogP contribution in [0.25, 0.3) is 22.2 Å². The molecule has 1 amide bonds. The van der Waals surface area contributed by atoms with Gasteiger partial charge in [0.15, 0.2) is 0 Å². The second-order valence-electron chi connectivity index (χ2n) is 7.15. The molecule has 1 aromatic heterocycles. The van der Waals surface area contributed by atoms with Crippen molar-refractivity contribution < 1.29 is 14.0 Å². The number of amides is 1. The fourth-order valence-corrected chi connectivity index (χ4v) is 3.58. The Morgan fingerprint density at radius 2 is 2.07 bits per heavy atom. The van der Waals surface area contributed by atoms with Crippen LogP contribution in [0.15, 0.2) is 42.5 Å². The van der Waals surface area contributed by atoms with Crippen LogP contribution in [-0.4, -0.2) is 35.7 Å². The van der Waals surface area contributed by atoms with Crippen LogP contribution in [0.5, 0.6) is 0 Å². The summed E-state index contributed by atoms with van der Waals surface area (Å²) < 4.78 is 13.2. The number of benzene rings is 2. The number of rotatable bonds is 6. The summed E-state index contributed by atoms with van der Waals surface area (Å²) in [5, 5.41) is 5.94. The van der Waals surface area contributed by atoms with E-state index in [0.717, 1.165) is 52.9 Å². The standard InChI is InChI=1S/C22H24FN3O2/c1-15-19-13-16(14-24-21(27)9-11-26-10-2-12-28-26)3-8-20(19)25-22(15)17-4-6-18(23)7-5-17/h3-8,13,25H,2,9-12,14H2,1H3,(H,24,27). The molecule has 1 aliphatic rings. The first-order valence-electron chi connectivity index (χ1n) is 9.62. The highest BCUT2D eigenvalue weighted by Gasteiger charge is 2.14. The average Bonchev–Trinajstić information content (AvgIpc) is 3.34. The normalized spacial score (nSPS) is 14.6. The van der Waals surface area contributed by atoms with E-state index in [4.69, 9.17) is 4.84 Å². The Hall–Kier alpha value is -2.70. The van der Waals surface area contributed by atoms with Gasteiger partial charge in [-0.2, -0.15) is 5.06 Å². The van der Waals surface area contributed by atoms with E-state index in [-0.39, 0.29) is 11.7 Å². The lowest BCUT2D eigenvalue weighted by molar-refractivity contribution is -0.130. The summed E-state index contributed by atoms with van der Waals surface area (Å²) >= 11 is 0. The number of halogens is 1. The first-order valence-corrected chi connectivity index (χ1v) is 9.62. The number of aryl methyl sites for hydroxylation is 1. The van der Waals surface area contributed by atoms with E-state index < -0.39 is 0 Å². The number of carbonyl (C=O) groups is 1. The predicted octanol–water partition coefficient (Wildman–Crippen LogP) is 3.93. The minimum atomic E-state index is -0.244. The molecule has 2 aromatic carbocycles. The quantitative estimate of drug-likeness (QED) is 0.680. The van der Waals surface area contributed by atoms with Gasteiger partial charge in [0, 0.05) is 42.7 Å². The van der Waals surface area contributed by atoms with E-state index in [2.05, 4.69) is 23.3 Å². The number of nitrogens with zero attached hydrogens (tertiary/aromatic N) is 1. The van der Waals surface area contributed by atoms with Crippen LogP contribution in [-0.2, 0) is 16.2 Å². The zero-order valence-electron chi connectivity index (χ0n) is 15.9. The molecule has 1 saturated heterocycles. The molecule has 0 aliphatic carbocycles. The third-order valence-corrected chi connectivity index (χ3v) is 5.16. The highest BCUT2D eigenvalue weighted by Crippen LogP contribution is 2.30. The molecule has 5 nitrogen and oxygen atoms in total. The van der Waals surface area contributed by atoms with Gasteiger partial charge in [0.1, 0.15) is 5.82 Å². The van der Waals surface area contributed by atoms with Gasteiger partial charge in [-0.15, -0.1) is 0 Å². The van der Waals surface area contributed by atoms with Crippen LogP contribution < -0.4 is 5.32 Å². The molecule has 2 N–H and O–H groups in total. The van der Waals surface area contributed by atoms with Crippen molar-refractivity contribution in [1.82, 2.24) is 15.4 Å². The van der Waals surface area contributed by atoms with Crippen LogP contribution in [0.2, 0.25) is 0 Å². The average molecular weight is 381 g/mol. The molecular formula is C22H24FN3O2. The topological polar surface area (TPSA) is 57.4 Å². The summed E-state index contributed by atoms with van der Waals surface area (Å²) in [6.45, 7) is 4.82. The van der Waals surface area contributed by atoms with Crippen LogP contribution in [0, 0.1) is 12.7 Å². The van der Waals surface area contributed by atoms with Crippen LogP contribution in [0.4, 0.5) is 4.39 Å². The molecule has 0 radical (unpaired) electrons. The second kappa shape index (κ2) is 8.12. The van der Waals surface area contributed by atoms with E-state index in [0.29, 0.717) is 19.5 Å². The maximum atomic E-state index is 13.2. The first kappa shape index (κ1) is 18.7. The van der Waals surface area contributed by atoms with Gasteiger partial charge in [-0.05, 0) is 66.4 Å². The Bertz CT molecular complexity index is 975. The molecule has 0 saturated carbocycles. The van der Waals surface area contributed by atoms with Gasteiger partial charge in [-0.3, -0.25) is 9.63 Å². The Kier molecular flexibility index (Phi) is 5.41. The molecule has 1 fully saturated rings. The molecular weight excluding hydrogens is 357 g/mol. The molecule has 4 rings (SSSR count). The lowest BCUT2D eigenvalue weighted by Crippen LogP contribution is -2.28. The van der Waals surface area contributed by atoms with Crippen molar-refractivity contribution >= 4 is 16.8 Å². The van der Waals surface area contributed by atoms with E-state index in [1.165, 1.54) is 12.1 Å². The van der Waals surface area contributed by atoms with Crippen LogP contribution in [0.1, 0.15) is 24.0 Å². The van der Waals surface area contributed by atoms with Gasteiger partial charge < -0.3 is 10.3 Å². The first-order chi connectivity index (χ1) is 13.6. The predicted molar refractivity (Wildman–Crippen MR) is 107 cm³/mol. The minimum absolute atomic E-state index is 0.0217. The SMILES string of the molecule is Cc1c(-c2ccc(F)cc2)[nH]c2ccc(CNC(=O)CCN3CCCO3)cc12. The lowest BCUT2D eigenvalue weighted by Gasteiger charge is -2.13. The number of aromatic nitrogens is 1. The number of H-pyrrole nitrogens is 1. The zero-order chi connectivity index (χ0) is 19.5. The largest absolute Gasteiger partial charge is 0.354 e. The number of carbonyl (C=O) groups excluding carboxylic acids is 1. The van der Waals surface area contributed by atoms with Gasteiger partial charge in [0.2, 0.25) is 5.91 Å². The highest BCUT2D eigenvalue weighted by atomic mass is 19.1. The Labute approximate surface area is 163 Å². The summed E-state index contributed by atoms with van der Waals surface area (Å²) in [4.78, 5) is 20.9. The molecule has 28 heavy (non-hydrogen) atoms. The monoisotopic (exact) mass is 381 g/mol. The molecule has 2 heterocycles. The number of nitrogens with one attached hydrogen (secondary N) is 2. The van der Waals surface area contributed by atoms with Gasteiger partial charge in [-0.25, -0.2) is 4.39 Å². The van der Waals surface area contributed by atoms with E-state index in [9.17, 15) is 9.18 Å². The van der Waals surface area contributed by atoms with Crippen molar-refractivity contribution in [2.24, 2.45) is 0 Å². The summed E-state index contributed by atoms with van der Waals surface area (Å²) in [6, 6.07) is 12.6. The third-order valence-electron chi connectivity index (χ3n) is 5.16. The molecule has 1 aliphatic heterocycles. The molecule has 3 aromatic rings. The summed E-state index contributed by atoms with van der Waals surface area (Å²) in [5.74, 6) is -0.222. The van der Waals surface area contributed by atoms with Crippen molar-refractivity contribution in [1.29, 1.82) is 0 Å². The highest BCUT2D eigenvalue weighted by molar-refractivity contribution is 5.91. The van der Waals surface area contributed by atoms with Gasteiger partial charge in [-0.1, -0.05) is 6.07 Å². The minimum Gasteiger partial charge on any atom is -0.354 e. The van der Waals surface area contributed by atoms with E-state index in [1.807, 2.05) is 17.2 Å². The molecule has 0 spiro atoms. The summed E-state index contributed by atoms with van der Waals surface area (Å²) in [6.07, 6.45) is 1.46. The van der Waals surface area contributed by atoms with E-state index in [1.54, 1.807) is 12.1 Å². The van der Waals surface area contributed by atoms with Gasteiger partial charge in [0.25, 0.3) is 0 Å². The molecule has 146 valence electrons. The maximum absolute atomic E-state index is 13.2. The molecule has 0 bridgehead atoms. The van der Waals surface area contributed by atoms with Crippen molar-refractivity contribution in [2.75, 3.05) is 19.7 Å². The van der Waals surface area contributed by atoms with Crippen molar-refractivity contribution in [3.05, 3.63) is 59.4 Å². The number of hydroxylamine groups is 2. The van der Waals surface area contributed by atoms with Crippen molar-refractivity contribution in [2.45, 2.75) is 26.3 Å². The number of hydrogen-bond acceptors (Lipinski definition) is 3. The second-order valence-corrected chi connectivity index (χ2v) is 7.15. The Balaban J connectivity index is 1.43.